The standard InChI is InChI=1S/C29H35N3O3S/c33-15-12-31(20-24-7-5-6-23(18-24)19-30-13-16-35-17-14-30)21-25(34)22-32-26-8-1-3-10-28(26)36-29-11-4-2-9-27(29)32/h1-11,18,25,33-34H,12-17,19-22H2/t25-/m1/s1. The van der Waals surface area contributed by atoms with E-state index in [1.165, 1.54) is 20.9 Å². The number of rotatable bonds is 10. The first kappa shape index (κ1) is 25.3. The molecule has 3 aromatic carbocycles. The topological polar surface area (TPSA) is 59.4 Å². The minimum absolute atomic E-state index is 0.0617. The number of aliphatic hydroxyl groups is 2. The summed E-state index contributed by atoms with van der Waals surface area (Å²) in [7, 11) is 0. The van der Waals surface area contributed by atoms with Gasteiger partial charge in [-0.05, 0) is 35.4 Å². The van der Waals surface area contributed by atoms with Crippen molar-refractivity contribution in [2.75, 3.05) is 57.4 Å². The molecule has 2 N–H and O–H groups in total. The fraction of sp³-hybridized carbons (Fsp3) is 0.379. The summed E-state index contributed by atoms with van der Waals surface area (Å²) >= 11 is 1.77. The third-order valence-electron chi connectivity index (χ3n) is 6.72. The second-order valence-electron chi connectivity index (χ2n) is 9.47. The lowest BCUT2D eigenvalue weighted by molar-refractivity contribution is 0.0342. The van der Waals surface area contributed by atoms with Crippen LogP contribution in [-0.4, -0.2) is 78.7 Å². The van der Waals surface area contributed by atoms with Gasteiger partial charge in [0.2, 0.25) is 0 Å². The quantitative estimate of drug-likeness (QED) is 0.432. The number of morpholine rings is 1. The van der Waals surface area contributed by atoms with Gasteiger partial charge in [0.1, 0.15) is 0 Å². The average molecular weight is 506 g/mol. The lowest BCUT2D eigenvalue weighted by atomic mass is 10.1. The number of aliphatic hydroxyl groups excluding tert-OH is 2. The zero-order valence-corrected chi connectivity index (χ0v) is 21.4. The SMILES string of the molecule is OCCN(Cc1cccc(CN2CCOCC2)c1)C[C@@H](O)CN1c2ccccc2Sc2ccccc21. The van der Waals surface area contributed by atoms with Gasteiger partial charge in [-0.1, -0.05) is 60.3 Å². The zero-order chi connectivity index (χ0) is 24.7. The van der Waals surface area contributed by atoms with Crippen molar-refractivity contribution in [1.29, 1.82) is 0 Å². The summed E-state index contributed by atoms with van der Waals surface area (Å²) in [4.78, 5) is 9.20. The second kappa shape index (κ2) is 12.2. The number of nitrogens with zero attached hydrogens (tertiary/aromatic N) is 3. The second-order valence-corrected chi connectivity index (χ2v) is 10.6. The number of anilines is 2. The molecule has 0 unspecified atom stereocenters. The van der Waals surface area contributed by atoms with E-state index in [9.17, 15) is 10.2 Å². The number of hydrogen-bond donors (Lipinski definition) is 2. The molecule has 3 aromatic rings. The molecule has 2 heterocycles. The Bertz CT molecular complexity index is 1090. The van der Waals surface area contributed by atoms with Gasteiger partial charge in [0.15, 0.2) is 0 Å². The summed E-state index contributed by atoms with van der Waals surface area (Å²) in [5.74, 6) is 0. The molecule has 1 atom stereocenters. The summed E-state index contributed by atoms with van der Waals surface area (Å²) in [5, 5.41) is 20.9. The number of fused-ring (bicyclic) bond motifs is 2. The van der Waals surface area contributed by atoms with Crippen LogP contribution in [0.2, 0.25) is 0 Å². The van der Waals surface area contributed by atoms with E-state index in [0.717, 1.165) is 44.2 Å². The molecule has 2 aliphatic rings. The average Bonchev–Trinajstić information content (AvgIpc) is 2.89. The number of benzene rings is 3. The van der Waals surface area contributed by atoms with Crippen LogP contribution in [0.1, 0.15) is 11.1 Å². The molecule has 5 rings (SSSR count). The molecule has 0 spiro atoms. The predicted octanol–water partition coefficient (Wildman–Crippen LogP) is 3.98. The van der Waals surface area contributed by atoms with E-state index in [0.29, 0.717) is 26.2 Å². The van der Waals surface area contributed by atoms with Crippen LogP contribution in [0.5, 0.6) is 0 Å². The predicted molar refractivity (Wildman–Crippen MR) is 145 cm³/mol. The van der Waals surface area contributed by atoms with Crippen molar-refractivity contribution in [2.24, 2.45) is 0 Å². The van der Waals surface area contributed by atoms with Crippen molar-refractivity contribution in [3.63, 3.8) is 0 Å². The molecule has 0 aliphatic carbocycles. The summed E-state index contributed by atoms with van der Waals surface area (Å²) in [6, 6.07) is 25.4. The van der Waals surface area contributed by atoms with Crippen molar-refractivity contribution >= 4 is 23.1 Å². The molecule has 190 valence electrons. The molecule has 7 heteroatoms. The van der Waals surface area contributed by atoms with E-state index in [4.69, 9.17) is 4.74 Å². The van der Waals surface area contributed by atoms with Gasteiger partial charge in [0, 0.05) is 49.1 Å². The van der Waals surface area contributed by atoms with Crippen molar-refractivity contribution in [3.8, 4) is 0 Å². The van der Waals surface area contributed by atoms with E-state index in [1.54, 1.807) is 11.8 Å². The smallest absolute Gasteiger partial charge is 0.0846 e. The van der Waals surface area contributed by atoms with E-state index >= 15 is 0 Å². The molecule has 0 amide bonds. The lowest BCUT2D eigenvalue weighted by Crippen LogP contribution is -2.40. The van der Waals surface area contributed by atoms with Crippen LogP contribution in [0.3, 0.4) is 0 Å². The molecule has 0 saturated carbocycles. The summed E-state index contributed by atoms with van der Waals surface area (Å²) in [6.07, 6.45) is -0.572. The van der Waals surface area contributed by atoms with Crippen molar-refractivity contribution in [2.45, 2.75) is 29.0 Å². The molecule has 0 radical (unpaired) electrons. The van der Waals surface area contributed by atoms with E-state index in [2.05, 4.69) is 87.5 Å². The molecule has 1 saturated heterocycles. The highest BCUT2D eigenvalue weighted by atomic mass is 32.2. The third kappa shape index (κ3) is 6.29. The largest absolute Gasteiger partial charge is 0.395 e. The van der Waals surface area contributed by atoms with E-state index in [-0.39, 0.29) is 6.61 Å². The van der Waals surface area contributed by atoms with Crippen molar-refractivity contribution in [3.05, 3.63) is 83.9 Å². The molecule has 0 bridgehead atoms. The fourth-order valence-electron chi connectivity index (χ4n) is 5.02. The fourth-order valence-corrected chi connectivity index (χ4v) is 6.12. The van der Waals surface area contributed by atoms with Gasteiger partial charge in [-0.3, -0.25) is 9.80 Å². The molecule has 36 heavy (non-hydrogen) atoms. The maximum Gasteiger partial charge on any atom is 0.0846 e. The van der Waals surface area contributed by atoms with Gasteiger partial charge in [-0.15, -0.1) is 0 Å². The highest BCUT2D eigenvalue weighted by molar-refractivity contribution is 7.99. The van der Waals surface area contributed by atoms with Crippen LogP contribution in [0, 0.1) is 0 Å². The Morgan fingerprint density at radius 2 is 1.56 bits per heavy atom. The van der Waals surface area contributed by atoms with Crippen LogP contribution in [0.15, 0.2) is 82.6 Å². The Labute approximate surface area is 218 Å². The number of hydrogen-bond acceptors (Lipinski definition) is 7. The first-order chi connectivity index (χ1) is 17.7. The highest BCUT2D eigenvalue weighted by Gasteiger charge is 2.25. The minimum atomic E-state index is -0.572. The minimum Gasteiger partial charge on any atom is -0.395 e. The maximum atomic E-state index is 11.2. The van der Waals surface area contributed by atoms with Gasteiger partial charge >= 0.3 is 0 Å². The normalized spacial score (nSPS) is 16.6. The van der Waals surface area contributed by atoms with Crippen LogP contribution in [0.25, 0.3) is 0 Å². The van der Waals surface area contributed by atoms with Gasteiger partial charge in [-0.2, -0.15) is 0 Å². The van der Waals surface area contributed by atoms with Crippen LogP contribution >= 0.6 is 11.8 Å². The Hall–Kier alpha value is -2.39. The first-order valence-corrected chi connectivity index (χ1v) is 13.5. The van der Waals surface area contributed by atoms with Gasteiger partial charge in [-0.25, -0.2) is 0 Å². The Balaban J connectivity index is 1.25. The van der Waals surface area contributed by atoms with Crippen molar-refractivity contribution in [1.82, 2.24) is 9.80 Å². The molecule has 1 fully saturated rings. The van der Waals surface area contributed by atoms with Crippen molar-refractivity contribution < 1.29 is 14.9 Å². The zero-order valence-electron chi connectivity index (χ0n) is 20.6. The molecule has 6 nitrogen and oxygen atoms in total. The third-order valence-corrected chi connectivity index (χ3v) is 7.85. The van der Waals surface area contributed by atoms with Gasteiger partial charge in [0.05, 0.1) is 43.8 Å². The molecular formula is C29H35N3O3S. The Morgan fingerprint density at radius 1 is 0.889 bits per heavy atom. The highest BCUT2D eigenvalue weighted by Crippen LogP contribution is 2.47. The van der Waals surface area contributed by atoms with Gasteiger partial charge in [0.25, 0.3) is 0 Å². The number of para-hydroxylation sites is 2. The summed E-state index contributed by atoms with van der Waals surface area (Å²) < 4.78 is 5.47. The number of ether oxygens (including phenoxy) is 1. The van der Waals surface area contributed by atoms with Crippen LogP contribution in [0.4, 0.5) is 11.4 Å². The lowest BCUT2D eigenvalue weighted by Gasteiger charge is -2.35. The number of β-amino-alcohol motifs (C(OH)–C–C–N with tert-alkyl or cyclic N) is 1. The first-order valence-electron chi connectivity index (χ1n) is 12.7. The Kier molecular flexibility index (Phi) is 8.59. The monoisotopic (exact) mass is 505 g/mol. The summed E-state index contributed by atoms with van der Waals surface area (Å²) in [6.45, 7) is 6.71. The van der Waals surface area contributed by atoms with Crippen LogP contribution in [-0.2, 0) is 17.8 Å². The molecule has 0 aromatic heterocycles. The van der Waals surface area contributed by atoms with Gasteiger partial charge < -0.3 is 19.8 Å². The van der Waals surface area contributed by atoms with Crippen LogP contribution < -0.4 is 4.90 Å². The molecule has 2 aliphatic heterocycles. The summed E-state index contributed by atoms with van der Waals surface area (Å²) in [5.41, 5.74) is 4.75. The maximum absolute atomic E-state index is 11.2. The Morgan fingerprint density at radius 3 is 2.25 bits per heavy atom. The molecular weight excluding hydrogens is 470 g/mol. The van der Waals surface area contributed by atoms with E-state index in [1.807, 2.05) is 0 Å². The van der Waals surface area contributed by atoms with E-state index < -0.39 is 6.10 Å².